The van der Waals surface area contributed by atoms with E-state index in [0.29, 0.717) is 12.0 Å². The highest BCUT2D eigenvalue weighted by Crippen LogP contribution is 2.33. The van der Waals surface area contributed by atoms with Crippen LogP contribution in [0.3, 0.4) is 0 Å². The summed E-state index contributed by atoms with van der Waals surface area (Å²) in [6.07, 6.45) is 9.63. The molecular weight excluding hydrogens is 377 g/mol. The number of aromatic nitrogens is 1. The van der Waals surface area contributed by atoms with Crippen LogP contribution in [0, 0.1) is 5.82 Å². The summed E-state index contributed by atoms with van der Waals surface area (Å²) in [5.74, 6) is -1.37. The fourth-order valence-corrected chi connectivity index (χ4v) is 3.89. The zero-order chi connectivity index (χ0) is 20.1. The molecule has 1 heterocycles. The molecule has 28 heavy (non-hydrogen) atoms. The SMILES string of the molecule is CC[C@H](CC(=O)C1=CCCCC1)c1ccc(Cl)c(C(=O)c2cccnc2)c1F. The van der Waals surface area contributed by atoms with Gasteiger partial charge in [0, 0.05) is 24.4 Å². The molecule has 0 saturated carbocycles. The molecule has 1 aromatic carbocycles. The van der Waals surface area contributed by atoms with E-state index in [-0.39, 0.29) is 34.3 Å². The summed E-state index contributed by atoms with van der Waals surface area (Å²) >= 11 is 6.16. The fourth-order valence-electron chi connectivity index (χ4n) is 3.65. The highest BCUT2D eigenvalue weighted by atomic mass is 35.5. The van der Waals surface area contributed by atoms with Crippen LogP contribution >= 0.6 is 11.6 Å². The highest BCUT2D eigenvalue weighted by molar-refractivity contribution is 6.35. The maximum absolute atomic E-state index is 15.3. The van der Waals surface area contributed by atoms with Gasteiger partial charge in [-0.2, -0.15) is 0 Å². The molecule has 146 valence electrons. The Morgan fingerprint density at radius 3 is 2.71 bits per heavy atom. The van der Waals surface area contributed by atoms with Crippen molar-refractivity contribution in [1.29, 1.82) is 0 Å². The van der Waals surface area contributed by atoms with Gasteiger partial charge in [0.1, 0.15) is 5.82 Å². The lowest BCUT2D eigenvalue weighted by atomic mass is 9.85. The number of hydrogen-bond donors (Lipinski definition) is 0. The third-order valence-electron chi connectivity index (χ3n) is 5.29. The number of Topliss-reactive ketones (excluding diaryl/α,β-unsaturated/α-hetero) is 1. The van der Waals surface area contributed by atoms with Crippen molar-refractivity contribution >= 4 is 23.2 Å². The van der Waals surface area contributed by atoms with Gasteiger partial charge in [0.15, 0.2) is 11.6 Å². The topological polar surface area (TPSA) is 47.0 Å². The van der Waals surface area contributed by atoms with Gasteiger partial charge in [-0.1, -0.05) is 30.7 Å². The molecule has 1 aliphatic rings. The summed E-state index contributed by atoms with van der Waals surface area (Å²) in [7, 11) is 0. The summed E-state index contributed by atoms with van der Waals surface area (Å²) in [5.41, 5.74) is 1.33. The van der Waals surface area contributed by atoms with Gasteiger partial charge < -0.3 is 0 Å². The van der Waals surface area contributed by atoms with Crippen molar-refractivity contribution in [2.24, 2.45) is 0 Å². The largest absolute Gasteiger partial charge is 0.295 e. The lowest BCUT2D eigenvalue weighted by molar-refractivity contribution is -0.116. The number of pyridine rings is 1. The predicted octanol–water partition coefficient (Wildman–Crippen LogP) is 6.06. The van der Waals surface area contributed by atoms with E-state index >= 15 is 4.39 Å². The lowest BCUT2D eigenvalue weighted by Gasteiger charge is -2.19. The first kappa shape index (κ1) is 20.4. The second kappa shape index (κ2) is 9.24. The van der Waals surface area contributed by atoms with E-state index in [1.54, 1.807) is 24.4 Å². The highest BCUT2D eigenvalue weighted by Gasteiger charge is 2.26. The predicted molar refractivity (Wildman–Crippen MR) is 108 cm³/mol. The molecule has 1 aromatic heterocycles. The fraction of sp³-hybridized carbons (Fsp3) is 0.348. The molecule has 1 atom stereocenters. The Morgan fingerprint density at radius 1 is 1.25 bits per heavy atom. The normalized spacial score (nSPS) is 15.0. The number of carbonyl (C=O) groups is 2. The molecule has 0 unspecified atom stereocenters. The molecule has 0 fully saturated rings. The third kappa shape index (κ3) is 4.39. The van der Waals surface area contributed by atoms with Crippen molar-refractivity contribution in [3.05, 3.63) is 75.8 Å². The molecule has 0 spiro atoms. The Balaban J connectivity index is 1.91. The van der Waals surface area contributed by atoms with E-state index in [9.17, 15) is 9.59 Å². The second-order valence-corrected chi connectivity index (χ2v) is 7.51. The smallest absolute Gasteiger partial charge is 0.199 e. The third-order valence-corrected chi connectivity index (χ3v) is 5.60. The quantitative estimate of drug-likeness (QED) is 0.532. The number of ketones is 2. The number of rotatable bonds is 7. The Kier molecular flexibility index (Phi) is 6.74. The van der Waals surface area contributed by atoms with Gasteiger partial charge in [0.25, 0.3) is 0 Å². The van der Waals surface area contributed by atoms with Crippen molar-refractivity contribution in [3.63, 3.8) is 0 Å². The van der Waals surface area contributed by atoms with Crippen molar-refractivity contribution < 1.29 is 14.0 Å². The van der Waals surface area contributed by atoms with Crippen molar-refractivity contribution in [2.45, 2.75) is 51.4 Å². The molecule has 2 aromatic rings. The minimum absolute atomic E-state index is 0.0614. The number of allylic oxidation sites excluding steroid dienone is 2. The number of halogens is 2. The first-order chi connectivity index (χ1) is 13.5. The van der Waals surface area contributed by atoms with E-state index in [0.717, 1.165) is 31.3 Å². The Hall–Kier alpha value is -2.33. The molecule has 3 rings (SSSR count). The van der Waals surface area contributed by atoms with Gasteiger partial charge in [-0.3, -0.25) is 14.6 Å². The van der Waals surface area contributed by atoms with Crippen LogP contribution in [0.1, 0.15) is 72.9 Å². The van der Waals surface area contributed by atoms with Crippen LogP contribution in [-0.4, -0.2) is 16.6 Å². The average molecular weight is 400 g/mol. The lowest BCUT2D eigenvalue weighted by Crippen LogP contribution is -2.14. The van der Waals surface area contributed by atoms with Crippen molar-refractivity contribution in [1.82, 2.24) is 4.98 Å². The molecule has 0 bridgehead atoms. The van der Waals surface area contributed by atoms with E-state index in [1.165, 1.54) is 12.3 Å². The maximum Gasteiger partial charge on any atom is 0.199 e. The Labute approximate surface area is 169 Å². The van der Waals surface area contributed by atoms with Gasteiger partial charge >= 0.3 is 0 Å². The van der Waals surface area contributed by atoms with E-state index in [4.69, 9.17) is 11.6 Å². The van der Waals surface area contributed by atoms with Gasteiger partial charge in [-0.05, 0) is 67.4 Å². The Bertz CT molecular complexity index is 908. The van der Waals surface area contributed by atoms with Crippen molar-refractivity contribution in [2.75, 3.05) is 0 Å². The number of nitrogens with zero attached hydrogens (tertiary/aromatic N) is 1. The minimum atomic E-state index is -0.640. The zero-order valence-corrected chi connectivity index (χ0v) is 16.6. The Morgan fingerprint density at radius 2 is 2.07 bits per heavy atom. The van der Waals surface area contributed by atoms with Crippen molar-refractivity contribution in [3.8, 4) is 0 Å². The van der Waals surface area contributed by atoms with Crippen LogP contribution in [0.15, 0.2) is 48.3 Å². The molecule has 0 aliphatic heterocycles. The first-order valence-electron chi connectivity index (χ1n) is 9.67. The maximum atomic E-state index is 15.3. The van der Waals surface area contributed by atoms with E-state index in [1.807, 2.05) is 13.0 Å². The monoisotopic (exact) mass is 399 g/mol. The summed E-state index contributed by atoms with van der Waals surface area (Å²) in [6, 6.07) is 6.33. The molecule has 0 radical (unpaired) electrons. The van der Waals surface area contributed by atoms with Crippen LogP contribution in [-0.2, 0) is 4.79 Å². The zero-order valence-electron chi connectivity index (χ0n) is 15.9. The van der Waals surface area contributed by atoms with Gasteiger partial charge in [0.05, 0.1) is 10.6 Å². The van der Waals surface area contributed by atoms with Crippen LogP contribution in [0.25, 0.3) is 0 Å². The summed E-state index contributed by atoms with van der Waals surface area (Å²) in [6.45, 7) is 1.92. The van der Waals surface area contributed by atoms with Crippen LogP contribution in [0.2, 0.25) is 5.02 Å². The average Bonchev–Trinajstić information content (AvgIpc) is 2.73. The van der Waals surface area contributed by atoms with Gasteiger partial charge in [-0.15, -0.1) is 0 Å². The molecule has 0 amide bonds. The van der Waals surface area contributed by atoms with Crippen LogP contribution in [0.5, 0.6) is 0 Å². The van der Waals surface area contributed by atoms with E-state index < -0.39 is 11.6 Å². The van der Waals surface area contributed by atoms with Gasteiger partial charge in [0.2, 0.25) is 0 Å². The summed E-state index contributed by atoms with van der Waals surface area (Å²) < 4.78 is 15.3. The standard InChI is InChI=1S/C23H23ClFNO2/c1-2-15(13-20(27)16-7-4-3-5-8-16)18-10-11-19(24)21(22(18)25)23(28)17-9-6-12-26-14-17/h6-7,9-12,14-15H,2-5,8,13H2,1H3/t15-/m1/s1. The van der Waals surface area contributed by atoms with Gasteiger partial charge in [-0.25, -0.2) is 4.39 Å². The molecule has 3 nitrogen and oxygen atoms in total. The molecule has 1 aliphatic carbocycles. The minimum Gasteiger partial charge on any atom is -0.295 e. The number of carbonyl (C=O) groups excluding carboxylic acids is 2. The summed E-state index contributed by atoms with van der Waals surface area (Å²) in [4.78, 5) is 29.4. The number of benzene rings is 1. The van der Waals surface area contributed by atoms with E-state index in [2.05, 4.69) is 4.98 Å². The van der Waals surface area contributed by atoms with Crippen LogP contribution in [0.4, 0.5) is 4.39 Å². The molecular formula is C23H23ClFNO2. The summed E-state index contributed by atoms with van der Waals surface area (Å²) in [5, 5.41) is 0.0614. The van der Waals surface area contributed by atoms with Crippen LogP contribution < -0.4 is 0 Å². The second-order valence-electron chi connectivity index (χ2n) is 7.10. The molecule has 0 saturated heterocycles. The first-order valence-corrected chi connectivity index (χ1v) is 10.1. The molecule has 0 N–H and O–H groups in total. The number of hydrogen-bond acceptors (Lipinski definition) is 3. The molecule has 5 heteroatoms.